The van der Waals surface area contributed by atoms with Crippen LogP contribution < -0.4 is 5.32 Å². The SMILES string of the molecule is CCCNCc1coc(CN(C)C(C)CSC)c1. The highest BCUT2D eigenvalue weighted by Crippen LogP contribution is 2.12. The Kier molecular flexibility index (Phi) is 7.47. The van der Waals surface area contributed by atoms with Crippen molar-refractivity contribution >= 4 is 11.8 Å². The minimum atomic E-state index is 0.576. The van der Waals surface area contributed by atoms with E-state index in [2.05, 4.69) is 43.4 Å². The van der Waals surface area contributed by atoms with Gasteiger partial charge in [-0.1, -0.05) is 6.92 Å². The summed E-state index contributed by atoms with van der Waals surface area (Å²) in [7, 11) is 2.15. The van der Waals surface area contributed by atoms with Gasteiger partial charge in [0.1, 0.15) is 5.76 Å². The summed E-state index contributed by atoms with van der Waals surface area (Å²) in [5.74, 6) is 2.21. The predicted octanol–water partition coefficient (Wildman–Crippen LogP) is 2.96. The molecule has 0 aliphatic heterocycles. The van der Waals surface area contributed by atoms with Gasteiger partial charge >= 0.3 is 0 Å². The second kappa shape index (κ2) is 8.62. The minimum Gasteiger partial charge on any atom is -0.468 e. The van der Waals surface area contributed by atoms with Crippen LogP contribution in [-0.4, -0.2) is 36.5 Å². The zero-order valence-corrected chi connectivity index (χ0v) is 12.8. The lowest BCUT2D eigenvalue weighted by Gasteiger charge is -2.22. The predicted molar refractivity (Wildman–Crippen MR) is 80.0 cm³/mol. The maximum atomic E-state index is 5.61. The largest absolute Gasteiger partial charge is 0.468 e. The van der Waals surface area contributed by atoms with Crippen LogP contribution in [0.2, 0.25) is 0 Å². The van der Waals surface area contributed by atoms with Crippen molar-refractivity contribution in [2.24, 2.45) is 0 Å². The fourth-order valence-electron chi connectivity index (χ4n) is 1.78. The first kappa shape index (κ1) is 15.6. The molecule has 0 saturated carbocycles. The van der Waals surface area contributed by atoms with Crippen LogP contribution in [0.4, 0.5) is 0 Å². The van der Waals surface area contributed by atoms with Gasteiger partial charge in [0.25, 0.3) is 0 Å². The van der Waals surface area contributed by atoms with Gasteiger partial charge in [-0.2, -0.15) is 11.8 Å². The molecule has 104 valence electrons. The molecule has 0 amide bonds. The third-order valence-electron chi connectivity index (χ3n) is 3.03. The van der Waals surface area contributed by atoms with Crippen molar-refractivity contribution in [1.29, 1.82) is 0 Å². The number of furan rings is 1. The quantitative estimate of drug-likeness (QED) is 0.698. The standard InChI is InChI=1S/C14H26N2OS/c1-5-6-15-8-13-7-14(17-10-13)9-16(3)12(2)11-18-4/h7,10,12,15H,5-6,8-9,11H2,1-4H3. The molecule has 1 N–H and O–H groups in total. The number of hydrogen-bond acceptors (Lipinski definition) is 4. The van der Waals surface area contributed by atoms with E-state index in [-0.39, 0.29) is 0 Å². The van der Waals surface area contributed by atoms with Gasteiger partial charge in [0.2, 0.25) is 0 Å². The molecule has 1 heterocycles. The van der Waals surface area contributed by atoms with Crippen LogP contribution in [0.1, 0.15) is 31.6 Å². The Morgan fingerprint density at radius 2 is 2.28 bits per heavy atom. The summed E-state index contributed by atoms with van der Waals surface area (Å²) in [6.45, 7) is 7.28. The monoisotopic (exact) mass is 270 g/mol. The Bertz CT molecular complexity index is 327. The maximum absolute atomic E-state index is 5.61. The molecule has 0 radical (unpaired) electrons. The molecule has 0 spiro atoms. The average molecular weight is 270 g/mol. The lowest BCUT2D eigenvalue weighted by Crippen LogP contribution is -2.30. The number of nitrogens with one attached hydrogen (secondary N) is 1. The van der Waals surface area contributed by atoms with Crippen LogP contribution in [0.5, 0.6) is 0 Å². The highest BCUT2D eigenvalue weighted by molar-refractivity contribution is 7.98. The summed E-state index contributed by atoms with van der Waals surface area (Å²) < 4.78 is 5.61. The maximum Gasteiger partial charge on any atom is 0.118 e. The molecule has 1 aromatic heterocycles. The lowest BCUT2D eigenvalue weighted by molar-refractivity contribution is 0.247. The second-order valence-corrected chi connectivity index (χ2v) is 5.73. The smallest absolute Gasteiger partial charge is 0.118 e. The molecule has 0 aliphatic carbocycles. The Hall–Kier alpha value is -0.450. The van der Waals surface area contributed by atoms with Crippen LogP contribution in [0, 0.1) is 0 Å². The zero-order valence-electron chi connectivity index (χ0n) is 12.0. The fraction of sp³-hybridized carbons (Fsp3) is 0.714. The van der Waals surface area contributed by atoms with E-state index in [0.717, 1.165) is 31.1 Å². The fourth-order valence-corrected chi connectivity index (χ4v) is 2.52. The number of nitrogens with zero attached hydrogens (tertiary/aromatic N) is 1. The molecule has 0 saturated heterocycles. The molecule has 0 bridgehead atoms. The van der Waals surface area contributed by atoms with Crippen molar-refractivity contribution in [1.82, 2.24) is 10.2 Å². The first-order valence-electron chi connectivity index (χ1n) is 6.63. The third kappa shape index (κ3) is 5.46. The number of hydrogen-bond donors (Lipinski definition) is 1. The van der Waals surface area contributed by atoms with Crippen molar-refractivity contribution < 1.29 is 4.42 Å². The van der Waals surface area contributed by atoms with Gasteiger partial charge < -0.3 is 9.73 Å². The Morgan fingerprint density at radius 1 is 1.50 bits per heavy atom. The molecule has 0 aromatic carbocycles. The van der Waals surface area contributed by atoms with Crippen molar-refractivity contribution in [3.63, 3.8) is 0 Å². The van der Waals surface area contributed by atoms with Gasteiger partial charge in [-0.3, -0.25) is 4.90 Å². The van der Waals surface area contributed by atoms with E-state index in [1.807, 2.05) is 18.0 Å². The molecule has 0 aliphatic rings. The summed E-state index contributed by atoms with van der Waals surface area (Å²) in [6.07, 6.45) is 5.18. The highest BCUT2D eigenvalue weighted by Gasteiger charge is 2.11. The molecule has 18 heavy (non-hydrogen) atoms. The molecule has 1 rings (SSSR count). The van der Waals surface area contributed by atoms with Crippen LogP contribution in [0.15, 0.2) is 16.7 Å². The molecule has 1 unspecified atom stereocenters. The highest BCUT2D eigenvalue weighted by atomic mass is 32.2. The molecule has 4 heteroatoms. The van der Waals surface area contributed by atoms with E-state index in [1.54, 1.807) is 0 Å². The van der Waals surface area contributed by atoms with E-state index in [1.165, 1.54) is 12.0 Å². The summed E-state index contributed by atoms with van der Waals surface area (Å²) in [6, 6.07) is 2.73. The molecular weight excluding hydrogens is 244 g/mol. The van der Waals surface area contributed by atoms with Crippen LogP contribution in [0.3, 0.4) is 0 Å². The summed E-state index contributed by atoms with van der Waals surface area (Å²) in [4.78, 5) is 2.33. The first-order valence-corrected chi connectivity index (χ1v) is 8.03. The van der Waals surface area contributed by atoms with Gasteiger partial charge in [-0.25, -0.2) is 0 Å². The number of thioether (sulfide) groups is 1. The molecule has 1 aromatic rings. The summed E-state index contributed by atoms with van der Waals surface area (Å²) in [5, 5.41) is 3.38. The minimum absolute atomic E-state index is 0.576. The van der Waals surface area contributed by atoms with E-state index in [4.69, 9.17) is 4.42 Å². The normalized spacial score (nSPS) is 13.2. The zero-order chi connectivity index (χ0) is 13.4. The van der Waals surface area contributed by atoms with Crippen molar-refractivity contribution in [3.8, 4) is 0 Å². The van der Waals surface area contributed by atoms with Crippen molar-refractivity contribution in [2.45, 2.75) is 39.4 Å². The van der Waals surface area contributed by atoms with Crippen LogP contribution in [-0.2, 0) is 13.1 Å². The van der Waals surface area contributed by atoms with Gasteiger partial charge in [0.15, 0.2) is 0 Å². The lowest BCUT2D eigenvalue weighted by atomic mass is 10.2. The summed E-state index contributed by atoms with van der Waals surface area (Å²) >= 11 is 1.89. The van der Waals surface area contributed by atoms with Crippen LogP contribution in [0.25, 0.3) is 0 Å². The van der Waals surface area contributed by atoms with Gasteiger partial charge in [0, 0.05) is 23.9 Å². The van der Waals surface area contributed by atoms with Crippen LogP contribution >= 0.6 is 11.8 Å². The van der Waals surface area contributed by atoms with E-state index in [0.29, 0.717) is 6.04 Å². The Balaban J connectivity index is 2.38. The van der Waals surface area contributed by atoms with Gasteiger partial charge in [-0.05, 0) is 39.3 Å². The van der Waals surface area contributed by atoms with E-state index >= 15 is 0 Å². The second-order valence-electron chi connectivity index (χ2n) is 4.82. The Morgan fingerprint density at radius 3 is 2.94 bits per heavy atom. The number of rotatable bonds is 9. The Labute approximate surface area is 115 Å². The third-order valence-corrected chi connectivity index (χ3v) is 3.85. The van der Waals surface area contributed by atoms with E-state index in [9.17, 15) is 0 Å². The van der Waals surface area contributed by atoms with E-state index < -0.39 is 0 Å². The summed E-state index contributed by atoms with van der Waals surface area (Å²) in [5.41, 5.74) is 1.24. The first-order chi connectivity index (χ1) is 8.67. The average Bonchev–Trinajstić information content (AvgIpc) is 2.77. The van der Waals surface area contributed by atoms with Gasteiger partial charge in [0.05, 0.1) is 12.8 Å². The molecule has 1 atom stereocenters. The van der Waals surface area contributed by atoms with Gasteiger partial charge in [-0.15, -0.1) is 0 Å². The molecule has 0 fully saturated rings. The van der Waals surface area contributed by atoms with Crippen molar-refractivity contribution in [3.05, 3.63) is 23.7 Å². The molecule has 3 nitrogen and oxygen atoms in total. The topological polar surface area (TPSA) is 28.4 Å². The molecular formula is C14H26N2OS. The van der Waals surface area contributed by atoms with Crippen molar-refractivity contribution in [2.75, 3.05) is 25.6 Å².